The van der Waals surface area contributed by atoms with Gasteiger partial charge in [-0.3, -0.25) is 9.78 Å². The van der Waals surface area contributed by atoms with Crippen LogP contribution >= 0.6 is 0 Å². The summed E-state index contributed by atoms with van der Waals surface area (Å²) in [4.78, 5) is 28.4. The fraction of sp³-hybridized carbons (Fsp3) is 0.200. The number of carbonyl (C=O) groups is 1. The lowest BCUT2D eigenvalue weighted by molar-refractivity contribution is -0.125. The van der Waals surface area contributed by atoms with Gasteiger partial charge in [-0.2, -0.15) is 0 Å². The van der Waals surface area contributed by atoms with Gasteiger partial charge in [-0.1, -0.05) is 24.3 Å². The van der Waals surface area contributed by atoms with Crippen LogP contribution < -0.4 is 10.2 Å². The summed E-state index contributed by atoms with van der Waals surface area (Å²) < 4.78 is 0. The number of aryl methyl sites for hydroxylation is 1. The number of benzene rings is 2. The monoisotopic (exact) mass is 425 g/mol. The molecule has 160 valence electrons. The van der Waals surface area contributed by atoms with Gasteiger partial charge in [0.1, 0.15) is 11.6 Å². The van der Waals surface area contributed by atoms with Crippen molar-refractivity contribution in [2.45, 2.75) is 13.5 Å². The number of pyridine rings is 1. The first kappa shape index (κ1) is 19.9. The average Bonchev–Trinajstić information content (AvgIpc) is 2.77. The van der Waals surface area contributed by atoms with Crippen LogP contribution in [-0.2, 0) is 11.3 Å². The maximum Gasteiger partial charge on any atom is 0.227 e. The van der Waals surface area contributed by atoms with Crippen molar-refractivity contribution in [3.63, 3.8) is 0 Å². The number of aromatic hydroxyl groups is 1. The third-order valence-electron chi connectivity index (χ3n) is 5.70. The molecule has 32 heavy (non-hydrogen) atoms. The Morgan fingerprint density at radius 3 is 2.69 bits per heavy atom. The van der Waals surface area contributed by atoms with Crippen molar-refractivity contribution in [1.29, 1.82) is 0 Å². The lowest BCUT2D eigenvalue weighted by Crippen LogP contribution is -2.54. The number of hydrogen-bond donors (Lipinski definition) is 2. The highest BCUT2D eigenvalue weighted by Gasteiger charge is 2.34. The number of nitrogens with one attached hydrogen (secondary N) is 1. The Bertz CT molecular complexity index is 1290. The number of nitrogens with zero attached hydrogens (tertiary/aromatic N) is 4. The predicted molar refractivity (Wildman–Crippen MR) is 123 cm³/mol. The molecule has 0 bridgehead atoms. The summed E-state index contributed by atoms with van der Waals surface area (Å²) >= 11 is 0. The van der Waals surface area contributed by atoms with Crippen molar-refractivity contribution in [1.82, 2.24) is 20.3 Å². The molecule has 2 N–H and O–H groups in total. The van der Waals surface area contributed by atoms with E-state index in [1.807, 2.05) is 49.4 Å². The minimum absolute atomic E-state index is 0.0158. The van der Waals surface area contributed by atoms with E-state index < -0.39 is 0 Å². The Balaban J connectivity index is 1.38. The van der Waals surface area contributed by atoms with E-state index >= 15 is 0 Å². The van der Waals surface area contributed by atoms with E-state index in [1.165, 1.54) is 0 Å². The van der Waals surface area contributed by atoms with E-state index in [1.54, 1.807) is 24.4 Å². The SMILES string of the molecule is Cc1ccc2c(N3CC(C(=O)NCc4ccccn4)C3)nc(-c3ccccc3O)nc2c1. The van der Waals surface area contributed by atoms with Crippen molar-refractivity contribution >= 4 is 22.6 Å². The third kappa shape index (κ3) is 3.85. The first-order valence-corrected chi connectivity index (χ1v) is 10.6. The largest absolute Gasteiger partial charge is 0.507 e. The molecule has 0 atom stereocenters. The molecular formula is C25H23N5O2. The number of rotatable bonds is 5. The van der Waals surface area contributed by atoms with Crippen LogP contribution in [0.5, 0.6) is 5.75 Å². The summed E-state index contributed by atoms with van der Waals surface area (Å²) in [5.74, 6) is 1.30. The Morgan fingerprint density at radius 2 is 1.91 bits per heavy atom. The van der Waals surface area contributed by atoms with Gasteiger partial charge in [0, 0.05) is 24.7 Å². The lowest BCUT2D eigenvalue weighted by Gasteiger charge is -2.39. The summed E-state index contributed by atoms with van der Waals surface area (Å²) in [5, 5.41) is 14.2. The molecule has 7 nitrogen and oxygen atoms in total. The zero-order chi connectivity index (χ0) is 22.1. The molecule has 3 heterocycles. The zero-order valence-corrected chi connectivity index (χ0v) is 17.7. The molecule has 7 heteroatoms. The van der Waals surface area contributed by atoms with Crippen molar-refractivity contribution in [3.8, 4) is 17.1 Å². The van der Waals surface area contributed by atoms with E-state index in [-0.39, 0.29) is 17.6 Å². The third-order valence-corrected chi connectivity index (χ3v) is 5.70. The molecule has 0 radical (unpaired) electrons. The van der Waals surface area contributed by atoms with Gasteiger partial charge in [0.15, 0.2) is 5.82 Å². The highest BCUT2D eigenvalue weighted by Crippen LogP contribution is 2.34. The zero-order valence-electron chi connectivity index (χ0n) is 17.7. The Kier molecular flexibility index (Phi) is 5.15. The minimum atomic E-state index is -0.109. The number of phenols is 1. The van der Waals surface area contributed by atoms with E-state index in [2.05, 4.69) is 15.2 Å². The van der Waals surface area contributed by atoms with Crippen LogP contribution in [0.3, 0.4) is 0 Å². The van der Waals surface area contributed by atoms with Gasteiger partial charge in [0.25, 0.3) is 0 Å². The van der Waals surface area contributed by atoms with Gasteiger partial charge in [-0.25, -0.2) is 9.97 Å². The molecule has 5 rings (SSSR count). The van der Waals surface area contributed by atoms with Crippen molar-refractivity contribution < 1.29 is 9.90 Å². The summed E-state index contributed by atoms with van der Waals surface area (Å²) in [7, 11) is 0. The highest BCUT2D eigenvalue weighted by molar-refractivity contribution is 5.93. The number of amides is 1. The van der Waals surface area contributed by atoms with Crippen LogP contribution in [0.4, 0.5) is 5.82 Å². The minimum Gasteiger partial charge on any atom is -0.507 e. The van der Waals surface area contributed by atoms with Crippen LogP contribution in [-0.4, -0.2) is 39.1 Å². The molecule has 1 aliphatic heterocycles. The number of phenolic OH excluding ortho intramolecular Hbond substituents is 1. The molecule has 2 aromatic heterocycles. The van der Waals surface area contributed by atoms with E-state index in [9.17, 15) is 9.90 Å². The van der Waals surface area contributed by atoms with Gasteiger partial charge in [0.2, 0.25) is 5.91 Å². The molecule has 1 saturated heterocycles. The molecular weight excluding hydrogens is 402 g/mol. The molecule has 1 fully saturated rings. The molecule has 0 spiro atoms. The van der Waals surface area contributed by atoms with Gasteiger partial charge in [-0.05, 0) is 48.9 Å². The maximum absolute atomic E-state index is 12.6. The van der Waals surface area contributed by atoms with E-state index in [0.717, 1.165) is 28.0 Å². The van der Waals surface area contributed by atoms with Gasteiger partial charge in [0.05, 0.1) is 29.2 Å². The van der Waals surface area contributed by atoms with Crippen LogP contribution in [0.15, 0.2) is 66.9 Å². The highest BCUT2D eigenvalue weighted by atomic mass is 16.3. The topological polar surface area (TPSA) is 91.2 Å². The smallest absolute Gasteiger partial charge is 0.227 e. The fourth-order valence-electron chi connectivity index (χ4n) is 3.89. The second-order valence-electron chi connectivity index (χ2n) is 8.05. The molecule has 1 aliphatic rings. The predicted octanol–water partition coefficient (Wildman–Crippen LogP) is 3.46. The van der Waals surface area contributed by atoms with Crippen LogP contribution in [0.1, 0.15) is 11.3 Å². The number of para-hydroxylation sites is 1. The first-order chi connectivity index (χ1) is 15.6. The van der Waals surface area contributed by atoms with Crippen LogP contribution in [0.25, 0.3) is 22.3 Å². The molecule has 1 amide bonds. The van der Waals surface area contributed by atoms with E-state index in [0.29, 0.717) is 31.0 Å². The molecule has 4 aromatic rings. The summed E-state index contributed by atoms with van der Waals surface area (Å²) in [6, 6.07) is 18.8. The second-order valence-corrected chi connectivity index (χ2v) is 8.05. The summed E-state index contributed by atoms with van der Waals surface area (Å²) in [6.07, 6.45) is 1.72. The fourth-order valence-corrected chi connectivity index (χ4v) is 3.89. The Labute approximate surface area is 185 Å². The van der Waals surface area contributed by atoms with Crippen molar-refractivity contribution in [3.05, 3.63) is 78.1 Å². The summed E-state index contributed by atoms with van der Waals surface area (Å²) in [6.45, 7) is 3.60. The van der Waals surface area contributed by atoms with E-state index in [4.69, 9.17) is 9.97 Å². The molecule has 2 aromatic carbocycles. The van der Waals surface area contributed by atoms with Gasteiger partial charge >= 0.3 is 0 Å². The standard InChI is InChI=1S/C25H23N5O2/c1-16-9-10-19-21(12-16)28-23(20-7-2-3-8-22(20)31)29-24(19)30-14-17(15-30)25(32)27-13-18-6-4-5-11-26-18/h2-12,17,31H,13-15H2,1H3,(H,27,32). The quantitative estimate of drug-likeness (QED) is 0.509. The number of anilines is 1. The Morgan fingerprint density at radius 1 is 1.09 bits per heavy atom. The molecule has 0 unspecified atom stereocenters. The van der Waals surface area contributed by atoms with Crippen LogP contribution in [0, 0.1) is 12.8 Å². The van der Waals surface area contributed by atoms with Gasteiger partial charge < -0.3 is 15.3 Å². The summed E-state index contributed by atoms with van der Waals surface area (Å²) in [5.41, 5.74) is 3.33. The number of fused-ring (bicyclic) bond motifs is 1. The van der Waals surface area contributed by atoms with Crippen LogP contribution in [0.2, 0.25) is 0 Å². The van der Waals surface area contributed by atoms with Gasteiger partial charge in [-0.15, -0.1) is 0 Å². The Hall–Kier alpha value is -4.00. The first-order valence-electron chi connectivity index (χ1n) is 10.6. The number of aromatic nitrogens is 3. The normalized spacial score (nSPS) is 13.7. The maximum atomic E-state index is 12.6. The number of carbonyl (C=O) groups excluding carboxylic acids is 1. The second kappa shape index (κ2) is 8.26. The number of hydrogen-bond acceptors (Lipinski definition) is 6. The molecule has 0 aliphatic carbocycles. The van der Waals surface area contributed by atoms with Crippen molar-refractivity contribution in [2.24, 2.45) is 5.92 Å². The lowest BCUT2D eigenvalue weighted by atomic mass is 9.98. The molecule has 0 saturated carbocycles. The average molecular weight is 425 g/mol. The van der Waals surface area contributed by atoms with Crippen molar-refractivity contribution in [2.75, 3.05) is 18.0 Å².